The van der Waals surface area contributed by atoms with Crippen molar-refractivity contribution in [2.24, 2.45) is 22.5 Å². The quantitative estimate of drug-likeness (QED) is 0.701. The summed E-state index contributed by atoms with van der Waals surface area (Å²) in [5.74, 6) is 0.347. The second kappa shape index (κ2) is 4.15. The van der Waals surface area contributed by atoms with Gasteiger partial charge in [-0.3, -0.25) is 4.79 Å². The van der Waals surface area contributed by atoms with Gasteiger partial charge in [-0.1, -0.05) is 40.5 Å². The summed E-state index contributed by atoms with van der Waals surface area (Å²) in [7, 11) is 0. The van der Waals surface area contributed by atoms with Gasteiger partial charge >= 0.3 is 0 Å². The van der Waals surface area contributed by atoms with E-state index < -0.39 is 0 Å². The minimum Gasteiger partial charge on any atom is -0.369 e. The van der Waals surface area contributed by atoms with Gasteiger partial charge in [-0.2, -0.15) is 0 Å². The van der Waals surface area contributed by atoms with Crippen LogP contribution in [0.2, 0.25) is 0 Å². The molecule has 0 bridgehead atoms. The number of carbonyl (C=O) groups is 1. The average molecular weight is 211 g/mol. The van der Waals surface area contributed by atoms with E-state index in [0.29, 0.717) is 11.3 Å². The maximum Gasteiger partial charge on any atom is 0.223 e. The van der Waals surface area contributed by atoms with Gasteiger partial charge in [0.15, 0.2) is 0 Å². The molecule has 2 N–H and O–H groups in total. The molecule has 1 saturated carbocycles. The van der Waals surface area contributed by atoms with Crippen molar-refractivity contribution in [3.8, 4) is 0 Å². The van der Waals surface area contributed by atoms with Crippen LogP contribution in [-0.4, -0.2) is 5.91 Å². The first kappa shape index (κ1) is 12.5. The van der Waals surface area contributed by atoms with Crippen LogP contribution in [0.5, 0.6) is 0 Å². The molecule has 0 spiro atoms. The number of rotatable bonds is 2. The van der Waals surface area contributed by atoms with E-state index in [1.54, 1.807) is 0 Å². The summed E-state index contributed by atoms with van der Waals surface area (Å²) >= 11 is 0. The van der Waals surface area contributed by atoms with Crippen molar-refractivity contribution in [2.75, 3.05) is 0 Å². The standard InChI is InChI=1S/C13H25NO/c1-5-10-9-12(2,3)7-6-8-13(10,4)11(14)15/h10H,5-9H2,1-4H3,(H2,14,15). The zero-order valence-electron chi connectivity index (χ0n) is 10.6. The van der Waals surface area contributed by atoms with Crippen LogP contribution in [0.1, 0.15) is 59.8 Å². The first-order valence-corrected chi connectivity index (χ1v) is 6.12. The predicted molar refractivity (Wildman–Crippen MR) is 63.3 cm³/mol. The van der Waals surface area contributed by atoms with Gasteiger partial charge in [0.1, 0.15) is 0 Å². The van der Waals surface area contributed by atoms with Crippen molar-refractivity contribution in [3.63, 3.8) is 0 Å². The molecule has 0 radical (unpaired) electrons. The number of hydrogen-bond acceptors (Lipinski definition) is 1. The fourth-order valence-electron chi connectivity index (χ4n) is 3.05. The van der Waals surface area contributed by atoms with E-state index >= 15 is 0 Å². The summed E-state index contributed by atoms with van der Waals surface area (Å²) in [5, 5.41) is 0. The highest BCUT2D eigenvalue weighted by molar-refractivity contribution is 5.80. The zero-order chi connectivity index (χ0) is 11.7. The lowest BCUT2D eigenvalue weighted by Crippen LogP contribution is -2.40. The van der Waals surface area contributed by atoms with Crippen LogP contribution in [0.25, 0.3) is 0 Å². The van der Waals surface area contributed by atoms with E-state index in [1.165, 1.54) is 6.42 Å². The van der Waals surface area contributed by atoms with Crippen molar-refractivity contribution >= 4 is 5.91 Å². The second-order valence-electron chi connectivity index (χ2n) is 6.11. The molecule has 2 atom stereocenters. The summed E-state index contributed by atoms with van der Waals surface area (Å²) < 4.78 is 0. The van der Waals surface area contributed by atoms with Gasteiger partial charge in [-0.05, 0) is 30.6 Å². The Hall–Kier alpha value is -0.530. The van der Waals surface area contributed by atoms with Gasteiger partial charge in [0, 0.05) is 5.41 Å². The first-order valence-electron chi connectivity index (χ1n) is 6.12. The second-order valence-corrected chi connectivity index (χ2v) is 6.11. The third kappa shape index (κ3) is 2.53. The molecule has 0 aromatic carbocycles. The lowest BCUT2D eigenvalue weighted by molar-refractivity contribution is -0.130. The normalized spacial score (nSPS) is 35.9. The Labute approximate surface area is 93.6 Å². The van der Waals surface area contributed by atoms with Crippen LogP contribution >= 0.6 is 0 Å². The van der Waals surface area contributed by atoms with Gasteiger partial charge in [0.25, 0.3) is 0 Å². The summed E-state index contributed by atoms with van der Waals surface area (Å²) in [6.07, 6.45) is 5.49. The molecule has 2 nitrogen and oxygen atoms in total. The van der Waals surface area contributed by atoms with E-state index in [0.717, 1.165) is 25.7 Å². The minimum absolute atomic E-state index is 0.105. The molecule has 88 valence electrons. The van der Waals surface area contributed by atoms with E-state index in [-0.39, 0.29) is 11.3 Å². The molecule has 1 aliphatic carbocycles. The van der Waals surface area contributed by atoms with Crippen molar-refractivity contribution in [1.29, 1.82) is 0 Å². The Balaban J connectivity index is 2.94. The Morgan fingerprint density at radius 3 is 2.40 bits per heavy atom. The predicted octanol–water partition coefficient (Wildman–Crippen LogP) is 3.10. The van der Waals surface area contributed by atoms with Crippen molar-refractivity contribution in [2.45, 2.75) is 59.8 Å². The van der Waals surface area contributed by atoms with Crippen LogP contribution in [-0.2, 0) is 4.79 Å². The molecule has 2 unspecified atom stereocenters. The molecule has 0 aromatic rings. The van der Waals surface area contributed by atoms with Gasteiger partial charge in [-0.25, -0.2) is 0 Å². The fourth-order valence-corrected chi connectivity index (χ4v) is 3.05. The van der Waals surface area contributed by atoms with Gasteiger partial charge < -0.3 is 5.73 Å². The Morgan fingerprint density at radius 1 is 1.33 bits per heavy atom. The number of primary amides is 1. The van der Waals surface area contributed by atoms with Crippen LogP contribution in [0.3, 0.4) is 0 Å². The summed E-state index contributed by atoms with van der Waals surface area (Å²) in [6.45, 7) is 8.85. The summed E-state index contributed by atoms with van der Waals surface area (Å²) in [5.41, 5.74) is 5.68. The molecule has 0 aliphatic heterocycles. The van der Waals surface area contributed by atoms with Gasteiger partial charge in [0.05, 0.1) is 0 Å². The van der Waals surface area contributed by atoms with Crippen LogP contribution in [0.4, 0.5) is 0 Å². The molecule has 0 aromatic heterocycles. The van der Waals surface area contributed by atoms with E-state index in [9.17, 15) is 4.79 Å². The monoisotopic (exact) mass is 211 g/mol. The van der Waals surface area contributed by atoms with E-state index in [2.05, 4.69) is 27.7 Å². The molecule has 2 heteroatoms. The third-order valence-electron chi connectivity index (χ3n) is 4.31. The molecular formula is C13H25NO. The Kier molecular flexibility index (Phi) is 3.47. The minimum atomic E-state index is -0.275. The number of amides is 1. The Bertz CT molecular complexity index is 247. The summed E-state index contributed by atoms with van der Waals surface area (Å²) in [4.78, 5) is 11.6. The largest absolute Gasteiger partial charge is 0.369 e. The lowest BCUT2D eigenvalue weighted by Gasteiger charge is -2.35. The molecule has 1 fully saturated rings. The van der Waals surface area contributed by atoms with E-state index in [4.69, 9.17) is 5.73 Å². The first-order chi connectivity index (χ1) is 6.82. The highest BCUT2D eigenvalue weighted by atomic mass is 16.1. The third-order valence-corrected chi connectivity index (χ3v) is 4.31. The average Bonchev–Trinajstić information content (AvgIpc) is 2.23. The van der Waals surface area contributed by atoms with Gasteiger partial charge in [0.2, 0.25) is 5.91 Å². The number of hydrogen-bond donors (Lipinski definition) is 1. The highest BCUT2D eigenvalue weighted by Crippen LogP contribution is 2.47. The molecule has 1 rings (SSSR count). The molecule has 15 heavy (non-hydrogen) atoms. The smallest absolute Gasteiger partial charge is 0.223 e. The fraction of sp³-hybridized carbons (Fsp3) is 0.923. The lowest BCUT2D eigenvalue weighted by atomic mass is 9.69. The van der Waals surface area contributed by atoms with Crippen LogP contribution in [0.15, 0.2) is 0 Å². The van der Waals surface area contributed by atoms with Gasteiger partial charge in [-0.15, -0.1) is 0 Å². The molecule has 0 heterocycles. The molecule has 0 saturated heterocycles. The molecule has 1 amide bonds. The van der Waals surface area contributed by atoms with Crippen LogP contribution in [0, 0.1) is 16.7 Å². The summed E-state index contributed by atoms with van der Waals surface area (Å²) in [6, 6.07) is 0. The maximum absolute atomic E-state index is 11.6. The van der Waals surface area contributed by atoms with Crippen molar-refractivity contribution in [1.82, 2.24) is 0 Å². The topological polar surface area (TPSA) is 43.1 Å². The van der Waals surface area contributed by atoms with Crippen molar-refractivity contribution < 1.29 is 4.79 Å². The number of nitrogens with two attached hydrogens (primary N) is 1. The molecule has 1 aliphatic rings. The van der Waals surface area contributed by atoms with E-state index in [1.807, 2.05) is 0 Å². The maximum atomic E-state index is 11.6. The van der Waals surface area contributed by atoms with Crippen LogP contribution < -0.4 is 5.73 Å². The highest BCUT2D eigenvalue weighted by Gasteiger charge is 2.43. The zero-order valence-corrected chi connectivity index (χ0v) is 10.6. The van der Waals surface area contributed by atoms with Crippen molar-refractivity contribution in [3.05, 3.63) is 0 Å². The number of carbonyl (C=O) groups excluding carboxylic acids is 1. The SMILES string of the molecule is CCC1CC(C)(C)CCCC1(C)C(N)=O. The Morgan fingerprint density at radius 2 is 1.93 bits per heavy atom. The molecular weight excluding hydrogens is 186 g/mol.